The molecule has 166 valence electrons. The molecule has 4 rings (SSSR count). The number of hydrogen-bond acceptors (Lipinski definition) is 7. The Morgan fingerprint density at radius 1 is 0.938 bits per heavy atom. The third-order valence-corrected chi connectivity index (χ3v) is 5.33. The van der Waals surface area contributed by atoms with Gasteiger partial charge in [-0.25, -0.2) is 9.18 Å². The molecule has 0 saturated heterocycles. The third-order valence-electron chi connectivity index (χ3n) is 5.33. The predicted molar refractivity (Wildman–Crippen MR) is 105 cm³/mol. The normalized spacial score (nSPS) is 15.1. The monoisotopic (exact) mass is 446 g/mol. The maximum atomic E-state index is 14.9. The molecule has 0 fully saturated rings. The average molecular weight is 446 g/mol. The molecule has 10 heteroatoms. The number of hydrogen-bond donors (Lipinski definition) is 6. The number of aromatic carboxylic acids is 1. The Labute approximate surface area is 178 Å². The summed E-state index contributed by atoms with van der Waals surface area (Å²) in [5.41, 5.74) is -1.94. The first-order chi connectivity index (χ1) is 15.1. The SMILES string of the molecule is O=C(O)c1c(-c2cc(O)c(O)c(O)c2)c(F)c(F)c(O)c1C1COc2cc(O)ccc2C1. The Morgan fingerprint density at radius 2 is 1.59 bits per heavy atom. The van der Waals surface area contributed by atoms with Crippen LogP contribution in [-0.4, -0.2) is 43.2 Å². The summed E-state index contributed by atoms with van der Waals surface area (Å²) in [4.78, 5) is 12.2. The van der Waals surface area contributed by atoms with Gasteiger partial charge in [0.25, 0.3) is 0 Å². The molecular weight excluding hydrogens is 430 g/mol. The van der Waals surface area contributed by atoms with E-state index in [1.807, 2.05) is 0 Å². The maximum Gasteiger partial charge on any atom is 0.336 e. The van der Waals surface area contributed by atoms with E-state index in [-0.39, 0.29) is 18.8 Å². The summed E-state index contributed by atoms with van der Waals surface area (Å²) in [6.45, 7) is -0.207. The molecule has 3 aromatic rings. The van der Waals surface area contributed by atoms with Gasteiger partial charge >= 0.3 is 5.97 Å². The molecule has 1 unspecified atom stereocenters. The van der Waals surface area contributed by atoms with Gasteiger partial charge in [0.05, 0.1) is 12.2 Å². The fraction of sp³-hybridized carbons (Fsp3) is 0.136. The standard InChI is InChI=1S/C22H16F2O8/c23-18-15(9-4-12(26)20(28)13(27)5-9)17(22(30)31)16(21(29)19(18)24)10-3-8-1-2-11(25)6-14(8)32-7-10/h1-2,4-6,10,25-29H,3,7H2,(H,30,31). The smallest absolute Gasteiger partial charge is 0.336 e. The van der Waals surface area contributed by atoms with Crippen LogP contribution < -0.4 is 4.74 Å². The Hall–Kier alpha value is -4.21. The Kier molecular flexibility index (Phi) is 4.92. The molecule has 0 amide bonds. The second-order valence-electron chi connectivity index (χ2n) is 7.31. The lowest BCUT2D eigenvalue weighted by atomic mass is 9.83. The van der Waals surface area contributed by atoms with Gasteiger partial charge in [0.15, 0.2) is 28.8 Å². The van der Waals surface area contributed by atoms with Crippen LogP contribution in [0.1, 0.15) is 27.4 Å². The van der Waals surface area contributed by atoms with Crippen LogP contribution in [0.3, 0.4) is 0 Å². The van der Waals surface area contributed by atoms with Crippen molar-refractivity contribution in [1.29, 1.82) is 0 Å². The molecule has 3 aromatic carbocycles. The molecule has 0 bridgehead atoms. The summed E-state index contributed by atoms with van der Waals surface area (Å²) in [7, 11) is 0. The van der Waals surface area contributed by atoms with Crippen molar-refractivity contribution in [2.75, 3.05) is 6.61 Å². The minimum atomic E-state index is -1.72. The molecule has 0 radical (unpaired) electrons. The molecule has 1 aliphatic heterocycles. The number of benzene rings is 3. The van der Waals surface area contributed by atoms with Gasteiger partial charge in [-0.3, -0.25) is 0 Å². The number of carbonyl (C=O) groups is 1. The van der Waals surface area contributed by atoms with E-state index >= 15 is 0 Å². The number of phenolic OH excluding ortho intramolecular Hbond substituents is 5. The van der Waals surface area contributed by atoms with Crippen molar-refractivity contribution in [1.82, 2.24) is 0 Å². The van der Waals surface area contributed by atoms with Crippen LogP contribution in [0.4, 0.5) is 8.78 Å². The highest BCUT2D eigenvalue weighted by atomic mass is 19.2. The van der Waals surface area contributed by atoms with Crippen LogP contribution >= 0.6 is 0 Å². The zero-order chi connectivity index (χ0) is 23.3. The van der Waals surface area contributed by atoms with Crippen molar-refractivity contribution in [3.63, 3.8) is 0 Å². The average Bonchev–Trinajstić information content (AvgIpc) is 2.74. The fourth-order valence-electron chi connectivity index (χ4n) is 3.88. The molecule has 0 spiro atoms. The van der Waals surface area contributed by atoms with Gasteiger partial charge in [-0.05, 0) is 35.7 Å². The Bertz CT molecular complexity index is 1250. The van der Waals surface area contributed by atoms with Crippen molar-refractivity contribution >= 4 is 5.97 Å². The first-order valence-corrected chi connectivity index (χ1v) is 9.27. The second kappa shape index (κ2) is 7.49. The number of halogens is 2. The second-order valence-corrected chi connectivity index (χ2v) is 7.31. The summed E-state index contributed by atoms with van der Waals surface area (Å²) in [5, 5.41) is 58.9. The van der Waals surface area contributed by atoms with E-state index < -0.39 is 68.8 Å². The largest absolute Gasteiger partial charge is 0.508 e. The van der Waals surface area contributed by atoms with Crippen LogP contribution in [0, 0.1) is 11.6 Å². The number of ether oxygens (including phenoxy) is 1. The van der Waals surface area contributed by atoms with Gasteiger partial charge in [0.1, 0.15) is 11.5 Å². The van der Waals surface area contributed by atoms with E-state index in [0.29, 0.717) is 11.3 Å². The highest BCUT2D eigenvalue weighted by Gasteiger charge is 2.35. The maximum absolute atomic E-state index is 14.9. The van der Waals surface area contributed by atoms with Crippen LogP contribution in [-0.2, 0) is 6.42 Å². The van der Waals surface area contributed by atoms with E-state index in [9.17, 15) is 44.2 Å². The first-order valence-electron chi connectivity index (χ1n) is 9.27. The lowest BCUT2D eigenvalue weighted by molar-refractivity contribution is 0.0694. The van der Waals surface area contributed by atoms with Crippen LogP contribution in [0.2, 0.25) is 0 Å². The summed E-state index contributed by atoms with van der Waals surface area (Å²) in [6, 6.07) is 5.76. The summed E-state index contributed by atoms with van der Waals surface area (Å²) in [5.74, 6) is -9.68. The molecule has 8 nitrogen and oxygen atoms in total. The van der Waals surface area contributed by atoms with Gasteiger partial charge in [-0.1, -0.05) is 6.07 Å². The van der Waals surface area contributed by atoms with Gasteiger partial charge in [-0.15, -0.1) is 0 Å². The summed E-state index contributed by atoms with van der Waals surface area (Å²) in [6.07, 6.45) is 0.0834. The number of rotatable bonds is 3. The zero-order valence-corrected chi connectivity index (χ0v) is 16.1. The number of aromatic hydroxyl groups is 5. The van der Waals surface area contributed by atoms with Crippen molar-refractivity contribution in [2.24, 2.45) is 0 Å². The van der Waals surface area contributed by atoms with E-state index in [1.165, 1.54) is 18.2 Å². The van der Waals surface area contributed by atoms with E-state index in [1.54, 1.807) is 0 Å². The lowest BCUT2D eigenvalue weighted by Crippen LogP contribution is -2.23. The van der Waals surface area contributed by atoms with Crippen molar-refractivity contribution < 1.29 is 49.0 Å². The molecule has 1 aliphatic rings. The van der Waals surface area contributed by atoms with E-state index in [2.05, 4.69) is 0 Å². The van der Waals surface area contributed by atoms with E-state index in [0.717, 1.165) is 12.1 Å². The molecule has 6 N–H and O–H groups in total. The summed E-state index contributed by atoms with van der Waals surface area (Å²) >= 11 is 0. The van der Waals surface area contributed by atoms with Crippen molar-refractivity contribution in [3.8, 4) is 45.6 Å². The fourth-order valence-corrected chi connectivity index (χ4v) is 3.88. The molecule has 0 aliphatic carbocycles. The number of phenols is 5. The zero-order valence-electron chi connectivity index (χ0n) is 16.1. The highest BCUT2D eigenvalue weighted by molar-refractivity contribution is 5.99. The van der Waals surface area contributed by atoms with Crippen LogP contribution in [0.5, 0.6) is 34.5 Å². The van der Waals surface area contributed by atoms with E-state index in [4.69, 9.17) is 4.74 Å². The molecule has 0 aromatic heterocycles. The molecule has 0 saturated carbocycles. The number of fused-ring (bicyclic) bond motifs is 1. The van der Waals surface area contributed by atoms with Crippen LogP contribution in [0.15, 0.2) is 30.3 Å². The van der Waals surface area contributed by atoms with Gasteiger partial charge < -0.3 is 35.4 Å². The summed E-state index contributed by atoms with van der Waals surface area (Å²) < 4.78 is 35.1. The molecule has 1 heterocycles. The number of carboxylic acids is 1. The Balaban J connectivity index is 1.96. The molecule has 32 heavy (non-hydrogen) atoms. The van der Waals surface area contributed by atoms with Gasteiger partial charge in [0, 0.05) is 23.1 Å². The van der Waals surface area contributed by atoms with Crippen LogP contribution in [0.25, 0.3) is 11.1 Å². The lowest BCUT2D eigenvalue weighted by Gasteiger charge is -2.28. The highest BCUT2D eigenvalue weighted by Crippen LogP contribution is 2.46. The van der Waals surface area contributed by atoms with Gasteiger partial charge in [0.2, 0.25) is 5.82 Å². The molecule has 1 atom stereocenters. The minimum absolute atomic E-state index is 0.0571. The third kappa shape index (κ3) is 3.25. The Morgan fingerprint density at radius 3 is 2.22 bits per heavy atom. The van der Waals surface area contributed by atoms with Crippen molar-refractivity contribution in [2.45, 2.75) is 12.3 Å². The number of carboxylic acid groups (broad SMARTS) is 1. The minimum Gasteiger partial charge on any atom is -0.508 e. The van der Waals surface area contributed by atoms with Crippen molar-refractivity contribution in [3.05, 3.63) is 58.7 Å². The first kappa shape index (κ1) is 21.0. The topological polar surface area (TPSA) is 148 Å². The molecular formula is C22H16F2O8. The predicted octanol–water partition coefficient (Wildman–Crippen LogP) is 3.58. The quantitative estimate of drug-likeness (QED) is 0.335. The van der Waals surface area contributed by atoms with Gasteiger partial charge in [-0.2, -0.15) is 4.39 Å².